The fourth-order valence-electron chi connectivity index (χ4n) is 2.40. The number of nitrogens with zero attached hydrogens (tertiary/aromatic N) is 1. The summed E-state index contributed by atoms with van der Waals surface area (Å²) in [6, 6.07) is 6.41. The first-order valence-corrected chi connectivity index (χ1v) is 7.45. The molecule has 0 bridgehead atoms. The van der Waals surface area contributed by atoms with Crippen molar-refractivity contribution < 1.29 is 13.9 Å². The monoisotopic (exact) mass is 293 g/mol. The molecule has 1 aliphatic heterocycles. The van der Waals surface area contributed by atoms with Gasteiger partial charge in [-0.2, -0.15) is 0 Å². The number of rotatable bonds is 2. The molecule has 1 saturated heterocycles. The average Bonchev–Trinajstić information content (AvgIpc) is 2.45. The van der Waals surface area contributed by atoms with E-state index in [0.717, 1.165) is 5.56 Å². The van der Waals surface area contributed by atoms with Gasteiger partial charge in [0.15, 0.2) is 0 Å². The van der Waals surface area contributed by atoms with E-state index in [4.69, 9.17) is 4.74 Å². The van der Waals surface area contributed by atoms with Gasteiger partial charge in [-0.15, -0.1) is 0 Å². The van der Waals surface area contributed by atoms with E-state index in [1.54, 1.807) is 6.07 Å². The lowest BCUT2D eigenvalue weighted by molar-refractivity contribution is -0.146. The molecule has 0 N–H and O–H groups in total. The highest BCUT2D eigenvalue weighted by Crippen LogP contribution is 2.29. The van der Waals surface area contributed by atoms with Crippen LogP contribution < -0.4 is 0 Å². The molecule has 0 saturated carbocycles. The second-order valence-corrected chi connectivity index (χ2v) is 6.79. The first-order chi connectivity index (χ1) is 9.79. The van der Waals surface area contributed by atoms with Crippen LogP contribution in [0.1, 0.15) is 39.4 Å². The van der Waals surface area contributed by atoms with Gasteiger partial charge in [0.05, 0.1) is 13.2 Å². The van der Waals surface area contributed by atoms with Crippen LogP contribution in [-0.4, -0.2) is 30.5 Å². The standard InChI is InChI=1S/C17H24FNO2/c1-12(17(2,3)4)16(20)19-8-9-21-15(11-19)13-6-5-7-14(18)10-13/h5-7,10,12,15H,8-9,11H2,1-4H3. The number of amides is 1. The minimum atomic E-state index is -0.275. The highest BCUT2D eigenvalue weighted by molar-refractivity contribution is 5.79. The molecule has 1 aromatic rings. The molecule has 0 radical (unpaired) electrons. The first-order valence-electron chi connectivity index (χ1n) is 7.45. The topological polar surface area (TPSA) is 29.5 Å². The normalized spacial score (nSPS) is 21.2. The van der Waals surface area contributed by atoms with Crippen molar-refractivity contribution in [2.24, 2.45) is 11.3 Å². The molecule has 1 aliphatic rings. The Morgan fingerprint density at radius 3 is 2.76 bits per heavy atom. The highest BCUT2D eigenvalue weighted by Gasteiger charge is 2.33. The van der Waals surface area contributed by atoms with Crippen LogP contribution >= 0.6 is 0 Å². The molecule has 0 spiro atoms. The number of carbonyl (C=O) groups excluding carboxylic acids is 1. The molecule has 1 aromatic carbocycles. The molecule has 116 valence electrons. The summed E-state index contributed by atoms with van der Waals surface area (Å²) in [5, 5.41) is 0. The Morgan fingerprint density at radius 1 is 1.43 bits per heavy atom. The molecule has 1 heterocycles. The molecule has 4 heteroatoms. The second kappa shape index (κ2) is 6.14. The van der Waals surface area contributed by atoms with E-state index < -0.39 is 0 Å². The second-order valence-electron chi connectivity index (χ2n) is 6.79. The molecule has 2 atom stereocenters. The lowest BCUT2D eigenvalue weighted by atomic mass is 9.81. The van der Waals surface area contributed by atoms with Gasteiger partial charge in [0.2, 0.25) is 5.91 Å². The fraction of sp³-hybridized carbons (Fsp3) is 0.588. The summed E-state index contributed by atoms with van der Waals surface area (Å²) in [6.45, 7) is 9.76. The summed E-state index contributed by atoms with van der Waals surface area (Å²) >= 11 is 0. The highest BCUT2D eigenvalue weighted by atomic mass is 19.1. The number of halogens is 1. The van der Waals surface area contributed by atoms with Crippen molar-refractivity contribution in [3.63, 3.8) is 0 Å². The third-order valence-corrected chi connectivity index (χ3v) is 4.27. The molecular formula is C17H24FNO2. The largest absolute Gasteiger partial charge is 0.370 e. The van der Waals surface area contributed by atoms with Crippen LogP contribution in [-0.2, 0) is 9.53 Å². The van der Waals surface area contributed by atoms with Gasteiger partial charge in [-0.05, 0) is 23.1 Å². The molecule has 21 heavy (non-hydrogen) atoms. The lowest BCUT2D eigenvalue weighted by Gasteiger charge is -2.37. The van der Waals surface area contributed by atoms with Crippen molar-refractivity contribution in [2.75, 3.05) is 19.7 Å². The smallest absolute Gasteiger partial charge is 0.226 e. The molecular weight excluding hydrogens is 269 g/mol. The number of hydrogen-bond donors (Lipinski definition) is 0. The van der Waals surface area contributed by atoms with Gasteiger partial charge < -0.3 is 9.64 Å². The summed E-state index contributed by atoms with van der Waals surface area (Å²) in [5.41, 5.74) is 0.722. The minimum Gasteiger partial charge on any atom is -0.370 e. The van der Waals surface area contributed by atoms with E-state index in [2.05, 4.69) is 20.8 Å². The Morgan fingerprint density at radius 2 is 2.14 bits per heavy atom. The number of morpholine rings is 1. The summed E-state index contributed by atoms with van der Waals surface area (Å²) in [7, 11) is 0. The van der Waals surface area contributed by atoms with E-state index in [0.29, 0.717) is 19.7 Å². The molecule has 0 aromatic heterocycles. The molecule has 0 aliphatic carbocycles. The van der Waals surface area contributed by atoms with Crippen LogP contribution in [0.5, 0.6) is 0 Å². The van der Waals surface area contributed by atoms with Crippen LogP contribution in [0, 0.1) is 17.2 Å². The minimum absolute atomic E-state index is 0.0521. The van der Waals surface area contributed by atoms with Crippen LogP contribution in [0.25, 0.3) is 0 Å². The number of carbonyl (C=O) groups is 1. The molecule has 3 nitrogen and oxygen atoms in total. The van der Waals surface area contributed by atoms with E-state index in [-0.39, 0.29) is 29.2 Å². The zero-order valence-corrected chi connectivity index (χ0v) is 13.2. The summed E-state index contributed by atoms with van der Waals surface area (Å²) in [4.78, 5) is 14.4. The first kappa shape index (κ1) is 16.0. The third-order valence-electron chi connectivity index (χ3n) is 4.27. The van der Waals surface area contributed by atoms with Gasteiger partial charge in [-0.3, -0.25) is 4.79 Å². The van der Waals surface area contributed by atoms with E-state index in [1.165, 1.54) is 12.1 Å². The Kier molecular flexibility index (Phi) is 4.67. The van der Waals surface area contributed by atoms with Crippen LogP contribution in [0.15, 0.2) is 24.3 Å². The van der Waals surface area contributed by atoms with Gasteiger partial charge in [0, 0.05) is 12.5 Å². The Hall–Kier alpha value is -1.42. The van der Waals surface area contributed by atoms with E-state index in [9.17, 15) is 9.18 Å². The number of hydrogen-bond acceptors (Lipinski definition) is 2. The van der Waals surface area contributed by atoms with Crippen molar-refractivity contribution in [3.8, 4) is 0 Å². The van der Waals surface area contributed by atoms with E-state index >= 15 is 0 Å². The maximum Gasteiger partial charge on any atom is 0.226 e. The molecule has 1 amide bonds. The quantitative estimate of drug-likeness (QED) is 0.836. The maximum atomic E-state index is 13.3. The molecule has 2 unspecified atom stereocenters. The van der Waals surface area contributed by atoms with Gasteiger partial charge >= 0.3 is 0 Å². The fourth-order valence-corrected chi connectivity index (χ4v) is 2.40. The maximum absolute atomic E-state index is 13.3. The van der Waals surface area contributed by atoms with Crippen molar-refractivity contribution in [1.29, 1.82) is 0 Å². The predicted molar refractivity (Wildman–Crippen MR) is 80.3 cm³/mol. The van der Waals surface area contributed by atoms with E-state index in [1.807, 2.05) is 17.9 Å². The van der Waals surface area contributed by atoms with Crippen molar-refractivity contribution in [3.05, 3.63) is 35.6 Å². The summed E-state index contributed by atoms with van der Waals surface area (Å²) in [6.07, 6.45) is -0.245. The zero-order chi connectivity index (χ0) is 15.6. The number of ether oxygens (including phenoxy) is 1. The third kappa shape index (κ3) is 3.82. The van der Waals surface area contributed by atoms with Gasteiger partial charge in [0.25, 0.3) is 0 Å². The van der Waals surface area contributed by atoms with Crippen LogP contribution in [0.3, 0.4) is 0 Å². The van der Waals surface area contributed by atoms with Crippen LogP contribution in [0.2, 0.25) is 0 Å². The lowest BCUT2D eigenvalue weighted by Crippen LogP contribution is -2.46. The number of benzene rings is 1. The Bertz CT molecular complexity index is 510. The average molecular weight is 293 g/mol. The van der Waals surface area contributed by atoms with Crippen molar-refractivity contribution in [1.82, 2.24) is 4.90 Å². The Balaban J connectivity index is 2.09. The van der Waals surface area contributed by atoms with Gasteiger partial charge in [0.1, 0.15) is 11.9 Å². The zero-order valence-electron chi connectivity index (χ0n) is 13.2. The van der Waals surface area contributed by atoms with Crippen molar-refractivity contribution >= 4 is 5.91 Å². The summed E-state index contributed by atoms with van der Waals surface area (Å²) in [5.74, 6) is -0.182. The SMILES string of the molecule is CC(C(=O)N1CCOC(c2cccc(F)c2)C1)C(C)(C)C. The van der Waals surface area contributed by atoms with Crippen molar-refractivity contribution in [2.45, 2.75) is 33.8 Å². The van der Waals surface area contributed by atoms with Crippen LogP contribution in [0.4, 0.5) is 4.39 Å². The van der Waals surface area contributed by atoms with Gasteiger partial charge in [-0.25, -0.2) is 4.39 Å². The van der Waals surface area contributed by atoms with Gasteiger partial charge in [-0.1, -0.05) is 39.8 Å². The molecule has 1 fully saturated rings. The Labute approximate surface area is 126 Å². The predicted octanol–water partition coefficient (Wildman–Crippen LogP) is 3.41. The summed E-state index contributed by atoms with van der Waals surface area (Å²) < 4.78 is 19.0. The molecule has 2 rings (SSSR count).